The van der Waals surface area contributed by atoms with E-state index in [1.165, 1.54) is 27.8 Å². The van der Waals surface area contributed by atoms with E-state index in [4.69, 9.17) is 21.3 Å². The second-order valence-electron chi connectivity index (χ2n) is 8.11. The molecule has 2 heterocycles. The van der Waals surface area contributed by atoms with E-state index in [0.29, 0.717) is 0 Å². The van der Waals surface area contributed by atoms with Crippen molar-refractivity contribution in [3.63, 3.8) is 0 Å². The number of H-pyrrole nitrogens is 1. The number of aromatic amines is 1. The van der Waals surface area contributed by atoms with Crippen LogP contribution in [0.3, 0.4) is 0 Å². The van der Waals surface area contributed by atoms with Gasteiger partial charge in [0.05, 0.1) is 13.2 Å². The van der Waals surface area contributed by atoms with Crippen LogP contribution in [0, 0.1) is 0 Å². The first-order valence-corrected chi connectivity index (χ1v) is 12.4. The van der Waals surface area contributed by atoms with Crippen LogP contribution in [0.25, 0.3) is 10.9 Å². The van der Waals surface area contributed by atoms with E-state index in [0.717, 1.165) is 40.2 Å². The molecule has 1 aliphatic heterocycles. The minimum absolute atomic E-state index is 0.0350. The Labute approximate surface area is 203 Å². The summed E-state index contributed by atoms with van der Waals surface area (Å²) in [6.45, 7) is 0.887. The summed E-state index contributed by atoms with van der Waals surface area (Å²) in [4.78, 5) is 10.9. The van der Waals surface area contributed by atoms with E-state index in [9.17, 15) is 0 Å². The number of fused-ring (bicyclic) bond motifs is 3. The number of hydrogen-bond acceptors (Lipinski definition) is 3. The van der Waals surface area contributed by atoms with Crippen molar-refractivity contribution in [1.29, 1.82) is 0 Å². The molecule has 1 atom stereocenters. The third-order valence-corrected chi connectivity index (χ3v) is 7.56. The molecule has 0 amide bonds. The van der Waals surface area contributed by atoms with Gasteiger partial charge < -0.3 is 14.6 Å². The monoisotopic (exact) mass is 475 g/mol. The highest BCUT2D eigenvalue weighted by Crippen LogP contribution is 2.41. The fourth-order valence-electron chi connectivity index (χ4n) is 4.60. The molecule has 1 unspecified atom stereocenters. The van der Waals surface area contributed by atoms with E-state index in [1.54, 1.807) is 18.9 Å². The van der Waals surface area contributed by atoms with Crippen molar-refractivity contribution >= 4 is 39.4 Å². The smallest absolute Gasteiger partial charge is 0.160 e. The molecule has 0 saturated carbocycles. The van der Waals surface area contributed by atoms with Crippen LogP contribution < -0.4 is 4.74 Å². The number of hydrogen-bond donors (Lipinski definition) is 1. The van der Waals surface area contributed by atoms with E-state index < -0.39 is 0 Å². The normalized spacial score (nSPS) is 16.2. The lowest BCUT2D eigenvalue weighted by molar-refractivity contribution is 0.340. The first kappa shape index (κ1) is 21.9. The highest BCUT2D eigenvalue weighted by molar-refractivity contribution is 8.13. The molecule has 0 bridgehead atoms. The lowest BCUT2D eigenvalue weighted by Crippen LogP contribution is -2.39. The van der Waals surface area contributed by atoms with Gasteiger partial charge in [0.2, 0.25) is 0 Å². The molecule has 4 nitrogen and oxygen atoms in total. The Kier molecular flexibility index (Phi) is 6.34. The van der Waals surface area contributed by atoms with Gasteiger partial charge in [0.15, 0.2) is 5.17 Å². The second kappa shape index (κ2) is 9.54. The Bertz CT molecular complexity index is 1280. The summed E-state index contributed by atoms with van der Waals surface area (Å²) in [5.74, 6) is 1.74. The molecule has 5 rings (SSSR count). The lowest BCUT2D eigenvalue weighted by atomic mass is 9.93. The molecule has 1 aliphatic rings. The van der Waals surface area contributed by atoms with Gasteiger partial charge in [0.1, 0.15) is 5.75 Å². The van der Waals surface area contributed by atoms with Crippen molar-refractivity contribution in [2.24, 2.45) is 4.99 Å². The first-order valence-electron chi connectivity index (χ1n) is 11.0. The maximum absolute atomic E-state index is 6.35. The molecule has 1 aromatic heterocycles. The van der Waals surface area contributed by atoms with Crippen LogP contribution in [0.1, 0.15) is 28.4 Å². The number of aromatic nitrogens is 1. The molecule has 33 heavy (non-hydrogen) atoms. The predicted octanol–water partition coefficient (Wildman–Crippen LogP) is 6.70. The van der Waals surface area contributed by atoms with Crippen molar-refractivity contribution in [3.8, 4) is 5.75 Å². The maximum Gasteiger partial charge on any atom is 0.160 e. The summed E-state index contributed by atoms with van der Waals surface area (Å²) in [5.41, 5.74) is 6.17. The molecule has 168 valence electrons. The third kappa shape index (κ3) is 4.35. The Hall–Kier alpha value is -2.89. The van der Waals surface area contributed by atoms with Crippen molar-refractivity contribution in [3.05, 3.63) is 100 Å². The Morgan fingerprint density at radius 3 is 2.64 bits per heavy atom. The fourth-order valence-corrected chi connectivity index (χ4v) is 5.75. The Balaban J connectivity index is 1.55. The molecule has 3 aromatic carbocycles. The van der Waals surface area contributed by atoms with Gasteiger partial charge in [-0.1, -0.05) is 65.8 Å². The van der Waals surface area contributed by atoms with Gasteiger partial charge in [0, 0.05) is 41.0 Å². The van der Waals surface area contributed by atoms with Gasteiger partial charge in [0.25, 0.3) is 0 Å². The second-order valence-corrected chi connectivity index (χ2v) is 9.49. The summed E-state index contributed by atoms with van der Waals surface area (Å²) in [7, 11) is 3.59. The third-order valence-electron chi connectivity index (χ3n) is 6.17. The number of amidine groups is 1. The quantitative estimate of drug-likeness (QED) is 0.264. The highest BCUT2D eigenvalue weighted by Gasteiger charge is 2.33. The van der Waals surface area contributed by atoms with Crippen LogP contribution in [-0.2, 0) is 12.2 Å². The zero-order valence-corrected chi connectivity index (χ0v) is 20.3. The summed E-state index contributed by atoms with van der Waals surface area (Å²) in [5, 5.41) is 3.02. The number of rotatable bonds is 4. The van der Waals surface area contributed by atoms with Crippen LogP contribution in [0.5, 0.6) is 5.75 Å². The fraction of sp³-hybridized carbons (Fsp3) is 0.222. The van der Waals surface area contributed by atoms with Gasteiger partial charge in [-0.15, -0.1) is 0 Å². The zero-order valence-electron chi connectivity index (χ0n) is 18.7. The number of nitrogens with one attached hydrogen (secondary N) is 1. The van der Waals surface area contributed by atoms with E-state index in [2.05, 4.69) is 64.5 Å². The Morgan fingerprint density at radius 1 is 1.12 bits per heavy atom. The SMILES string of the molecule is CN=C(SCc1ccccc1)N1CCc2c([nH]c3ccc(Cl)cc23)C1c1ccc(OC)cc1. The number of thioether (sulfide) groups is 1. The van der Waals surface area contributed by atoms with Crippen LogP contribution >= 0.6 is 23.4 Å². The number of ether oxygens (including phenoxy) is 1. The van der Waals surface area contributed by atoms with Gasteiger partial charge >= 0.3 is 0 Å². The first-order chi connectivity index (χ1) is 16.2. The number of nitrogens with zero attached hydrogens (tertiary/aromatic N) is 2. The summed E-state index contributed by atoms with van der Waals surface area (Å²) >= 11 is 8.13. The standard InChI is InChI=1S/C27H26ClN3OS/c1-29-27(33-17-18-6-4-3-5-7-18)31-15-14-22-23-16-20(28)10-13-24(23)30-25(22)26(31)19-8-11-21(32-2)12-9-19/h3-13,16,26,30H,14-15,17H2,1-2H3. The summed E-state index contributed by atoms with van der Waals surface area (Å²) < 4.78 is 5.41. The minimum atomic E-state index is 0.0350. The van der Waals surface area contributed by atoms with E-state index in [-0.39, 0.29) is 6.04 Å². The lowest BCUT2D eigenvalue weighted by Gasteiger charge is -2.38. The summed E-state index contributed by atoms with van der Waals surface area (Å²) in [6.07, 6.45) is 0.938. The largest absolute Gasteiger partial charge is 0.497 e. The molecule has 0 spiro atoms. The topological polar surface area (TPSA) is 40.6 Å². The number of halogens is 1. The van der Waals surface area contributed by atoms with E-state index >= 15 is 0 Å². The molecule has 0 saturated heterocycles. The number of benzene rings is 3. The molecule has 1 N–H and O–H groups in total. The number of methoxy groups -OCH3 is 1. The van der Waals surface area contributed by atoms with Gasteiger partial charge in [-0.05, 0) is 53.4 Å². The predicted molar refractivity (Wildman–Crippen MR) is 140 cm³/mol. The van der Waals surface area contributed by atoms with Crippen molar-refractivity contribution in [2.45, 2.75) is 18.2 Å². The van der Waals surface area contributed by atoms with Crippen molar-refractivity contribution in [2.75, 3.05) is 20.7 Å². The molecule has 0 aliphatic carbocycles. The average Bonchev–Trinajstić information content (AvgIpc) is 3.22. The van der Waals surface area contributed by atoms with Crippen molar-refractivity contribution < 1.29 is 4.74 Å². The molecular formula is C27H26ClN3OS. The van der Waals surface area contributed by atoms with Gasteiger partial charge in [-0.2, -0.15) is 0 Å². The van der Waals surface area contributed by atoms with E-state index in [1.807, 2.05) is 25.2 Å². The maximum atomic E-state index is 6.35. The van der Waals surface area contributed by atoms with Crippen LogP contribution in [0.15, 0.2) is 77.8 Å². The van der Waals surface area contributed by atoms with Gasteiger partial charge in [-0.25, -0.2) is 0 Å². The van der Waals surface area contributed by atoms with Gasteiger partial charge in [-0.3, -0.25) is 4.99 Å². The minimum Gasteiger partial charge on any atom is -0.497 e. The molecule has 4 aromatic rings. The molecular weight excluding hydrogens is 450 g/mol. The molecule has 0 radical (unpaired) electrons. The summed E-state index contributed by atoms with van der Waals surface area (Å²) in [6, 6.07) is 25.0. The number of aliphatic imine (C=N–C) groups is 1. The van der Waals surface area contributed by atoms with Crippen molar-refractivity contribution in [1.82, 2.24) is 9.88 Å². The van der Waals surface area contributed by atoms with Crippen LogP contribution in [0.2, 0.25) is 5.02 Å². The van der Waals surface area contributed by atoms with Crippen LogP contribution in [0.4, 0.5) is 0 Å². The van der Waals surface area contributed by atoms with Crippen LogP contribution in [-0.4, -0.2) is 35.8 Å². The zero-order chi connectivity index (χ0) is 22.8. The highest BCUT2D eigenvalue weighted by atomic mass is 35.5. The average molecular weight is 476 g/mol. The molecule has 0 fully saturated rings. The molecule has 6 heteroatoms. The Morgan fingerprint density at radius 2 is 1.91 bits per heavy atom.